The van der Waals surface area contributed by atoms with E-state index in [0.29, 0.717) is 21.2 Å². The third-order valence-corrected chi connectivity index (χ3v) is 3.43. The average Bonchev–Trinajstić information content (AvgIpc) is 2.48. The van der Waals surface area contributed by atoms with Crippen LogP contribution in [0.2, 0.25) is 10.0 Å². The molecule has 0 radical (unpaired) electrons. The maximum absolute atomic E-state index is 11.9. The van der Waals surface area contributed by atoms with Crippen LogP contribution in [0.3, 0.4) is 0 Å². The zero-order valence-electron chi connectivity index (χ0n) is 10.4. The van der Waals surface area contributed by atoms with Gasteiger partial charge in [0.15, 0.2) is 5.78 Å². The number of hydrogen-bond donors (Lipinski definition) is 1. The first kappa shape index (κ1) is 14.6. The molecule has 0 saturated carbocycles. The van der Waals surface area contributed by atoms with Gasteiger partial charge in [-0.05, 0) is 18.2 Å². The summed E-state index contributed by atoms with van der Waals surface area (Å²) < 4.78 is 0. The third kappa shape index (κ3) is 3.59. The standard InChI is InChI=1S/C15H11Cl2NO2/c16-12-7-6-11(8-13(12)17)15(20)18-9-14(19)10-4-2-1-3-5-10/h1-8H,9H2,(H,18,20). The molecule has 2 aromatic carbocycles. The van der Waals surface area contributed by atoms with Gasteiger partial charge in [-0.3, -0.25) is 9.59 Å². The quantitative estimate of drug-likeness (QED) is 0.877. The number of nitrogens with one attached hydrogen (secondary N) is 1. The Hall–Kier alpha value is -1.84. The van der Waals surface area contributed by atoms with Crippen LogP contribution in [0.1, 0.15) is 20.7 Å². The molecule has 1 N–H and O–H groups in total. The topological polar surface area (TPSA) is 46.2 Å². The maximum atomic E-state index is 11.9. The highest BCUT2D eigenvalue weighted by molar-refractivity contribution is 6.42. The van der Waals surface area contributed by atoms with Gasteiger partial charge in [0, 0.05) is 11.1 Å². The summed E-state index contributed by atoms with van der Waals surface area (Å²) in [5.74, 6) is -0.521. The van der Waals surface area contributed by atoms with E-state index in [1.54, 1.807) is 30.3 Å². The smallest absolute Gasteiger partial charge is 0.251 e. The molecule has 0 unspecified atom stereocenters. The van der Waals surface area contributed by atoms with Crippen LogP contribution in [0, 0.1) is 0 Å². The van der Waals surface area contributed by atoms with Gasteiger partial charge in [-0.2, -0.15) is 0 Å². The van der Waals surface area contributed by atoms with Crippen molar-refractivity contribution in [3.8, 4) is 0 Å². The van der Waals surface area contributed by atoms with Crippen LogP contribution in [0.15, 0.2) is 48.5 Å². The van der Waals surface area contributed by atoms with Gasteiger partial charge in [-0.25, -0.2) is 0 Å². The van der Waals surface area contributed by atoms with Gasteiger partial charge in [0.2, 0.25) is 0 Å². The van der Waals surface area contributed by atoms with Crippen molar-refractivity contribution < 1.29 is 9.59 Å². The minimum atomic E-state index is -0.368. The number of carbonyl (C=O) groups excluding carboxylic acids is 2. The summed E-state index contributed by atoms with van der Waals surface area (Å²) in [5, 5.41) is 3.23. The molecule has 3 nitrogen and oxygen atoms in total. The van der Waals surface area contributed by atoms with Crippen molar-refractivity contribution in [1.82, 2.24) is 5.32 Å². The van der Waals surface area contributed by atoms with Gasteiger partial charge < -0.3 is 5.32 Å². The fourth-order valence-corrected chi connectivity index (χ4v) is 1.92. The highest BCUT2D eigenvalue weighted by Crippen LogP contribution is 2.22. The molecule has 2 aromatic rings. The molecule has 0 spiro atoms. The van der Waals surface area contributed by atoms with Gasteiger partial charge in [-0.1, -0.05) is 53.5 Å². The molecule has 1 amide bonds. The molecule has 0 heterocycles. The molecular formula is C15H11Cl2NO2. The van der Waals surface area contributed by atoms with E-state index in [-0.39, 0.29) is 18.2 Å². The summed E-state index contributed by atoms with van der Waals surface area (Å²) in [7, 11) is 0. The second-order valence-electron chi connectivity index (χ2n) is 4.10. The van der Waals surface area contributed by atoms with Crippen LogP contribution < -0.4 is 5.32 Å². The van der Waals surface area contributed by atoms with Gasteiger partial charge in [0.05, 0.1) is 16.6 Å². The number of amides is 1. The van der Waals surface area contributed by atoms with Gasteiger partial charge >= 0.3 is 0 Å². The molecule has 5 heteroatoms. The van der Waals surface area contributed by atoms with Crippen LogP contribution in [-0.2, 0) is 0 Å². The summed E-state index contributed by atoms with van der Waals surface area (Å²) >= 11 is 11.6. The molecule has 102 valence electrons. The minimum absolute atomic E-state index is 0.0664. The van der Waals surface area contributed by atoms with Crippen LogP contribution in [0.4, 0.5) is 0 Å². The Morgan fingerprint density at radius 2 is 1.60 bits per heavy atom. The van der Waals surface area contributed by atoms with E-state index in [0.717, 1.165) is 0 Å². The molecule has 0 saturated heterocycles. The fourth-order valence-electron chi connectivity index (χ4n) is 1.63. The normalized spacial score (nSPS) is 10.1. The molecule has 0 fully saturated rings. The SMILES string of the molecule is O=C(CNC(=O)c1ccc(Cl)c(Cl)c1)c1ccccc1. The first-order valence-corrected chi connectivity index (χ1v) is 6.65. The molecule has 0 aliphatic carbocycles. The van der Waals surface area contributed by atoms with Crippen molar-refractivity contribution in [2.24, 2.45) is 0 Å². The van der Waals surface area contributed by atoms with E-state index in [4.69, 9.17) is 23.2 Å². The number of halogens is 2. The zero-order valence-corrected chi connectivity index (χ0v) is 11.9. The molecule has 0 aromatic heterocycles. The average molecular weight is 308 g/mol. The monoisotopic (exact) mass is 307 g/mol. The van der Waals surface area contributed by atoms with Crippen molar-refractivity contribution >= 4 is 34.9 Å². The fraction of sp³-hybridized carbons (Fsp3) is 0.0667. The lowest BCUT2D eigenvalue weighted by Crippen LogP contribution is -2.29. The number of benzene rings is 2. The van der Waals surface area contributed by atoms with E-state index >= 15 is 0 Å². The third-order valence-electron chi connectivity index (χ3n) is 2.69. The molecule has 0 aliphatic rings. The predicted molar refractivity (Wildman–Crippen MR) is 79.6 cm³/mol. The molecule has 2 rings (SSSR count). The van der Waals surface area contributed by atoms with Crippen molar-refractivity contribution in [3.05, 3.63) is 69.7 Å². The van der Waals surface area contributed by atoms with Gasteiger partial charge in [0.1, 0.15) is 0 Å². The van der Waals surface area contributed by atoms with E-state index in [9.17, 15) is 9.59 Å². The maximum Gasteiger partial charge on any atom is 0.251 e. The van der Waals surface area contributed by atoms with Crippen LogP contribution in [-0.4, -0.2) is 18.2 Å². The Morgan fingerprint density at radius 3 is 2.25 bits per heavy atom. The zero-order chi connectivity index (χ0) is 14.5. The Bertz CT molecular complexity index is 642. The van der Waals surface area contributed by atoms with Crippen molar-refractivity contribution in [3.63, 3.8) is 0 Å². The number of carbonyl (C=O) groups is 2. The van der Waals surface area contributed by atoms with Crippen LogP contribution in [0.5, 0.6) is 0 Å². The Kier molecular flexibility index (Phi) is 4.77. The number of Topliss-reactive ketones (excluding diaryl/α,β-unsaturated/α-hetero) is 1. The number of ketones is 1. The summed E-state index contributed by atoms with van der Waals surface area (Å²) in [6.07, 6.45) is 0. The van der Waals surface area contributed by atoms with Crippen molar-refractivity contribution in [2.75, 3.05) is 6.54 Å². The summed E-state index contributed by atoms with van der Waals surface area (Å²) in [6.45, 7) is -0.0664. The number of rotatable bonds is 4. The Morgan fingerprint density at radius 1 is 0.900 bits per heavy atom. The van der Waals surface area contributed by atoms with E-state index in [1.165, 1.54) is 12.1 Å². The van der Waals surface area contributed by atoms with Crippen molar-refractivity contribution in [2.45, 2.75) is 0 Å². The molecule has 0 atom stereocenters. The lowest BCUT2D eigenvalue weighted by atomic mass is 10.1. The van der Waals surface area contributed by atoms with Gasteiger partial charge in [-0.15, -0.1) is 0 Å². The summed E-state index contributed by atoms with van der Waals surface area (Å²) in [5.41, 5.74) is 0.919. The minimum Gasteiger partial charge on any atom is -0.345 e. The van der Waals surface area contributed by atoms with E-state index in [2.05, 4.69) is 5.32 Å². The molecular weight excluding hydrogens is 297 g/mol. The van der Waals surface area contributed by atoms with E-state index in [1.807, 2.05) is 6.07 Å². The molecule has 0 bridgehead atoms. The first-order chi connectivity index (χ1) is 9.58. The van der Waals surface area contributed by atoms with Crippen molar-refractivity contribution in [1.29, 1.82) is 0 Å². The largest absolute Gasteiger partial charge is 0.345 e. The van der Waals surface area contributed by atoms with Gasteiger partial charge in [0.25, 0.3) is 5.91 Å². The highest BCUT2D eigenvalue weighted by Gasteiger charge is 2.10. The van der Waals surface area contributed by atoms with Crippen LogP contribution in [0.25, 0.3) is 0 Å². The van der Waals surface area contributed by atoms with Crippen LogP contribution >= 0.6 is 23.2 Å². The lowest BCUT2D eigenvalue weighted by Gasteiger charge is -2.05. The molecule has 20 heavy (non-hydrogen) atoms. The number of hydrogen-bond acceptors (Lipinski definition) is 2. The van der Waals surface area contributed by atoms with E-state index < -0.39 is 0 Å². The molecule has 0 aliphatic heterocycles. The Balaban J connectivity index is 1.98. The second-order valence-corrected chi connectivity index (χ2v) is 4.92. The second kappa shape index (κ2) is 6.55. The predicted octanol–water partition coefficient (Wildman–Crippen LogP) is 3.61. The Labute approximate surface area is 126 Å². The summed E-state index contributed by atoms with van der Waals surface area (Å²) in [4.78, 5) is 23.7. The first-order valence-electron chi connectivity index (χ1n) is 5.89. The summed E-state index contributed by atoms with van der Waals surface area (Å²) in [6, 6.07) is 13.3. The highest BCUT2D eigenvalue weighted by atomic mass is 35.5. The lowest BCUT2D eigenvalue weighted by molar-refractivity contribution is 0.0904.